The summed E-state index contributed by atoms with van der Waals surface area (Å²) in [6.45, 7) is 1.81. The molecule has 0 spiro atoms. The quantitative estimate of drug-likeness (QED) is 0.572. The normalized spacial score (nSPS) is 12.2. The molecule has 1 atom stereocenters. The highest BCUT2D eigenvalue weighted by atomic mass is 16.6. The van der Waals surface area contributed by atoms with E-state index in [0.29, 0.717) is 29.0 Å². The number of carboxylic acids is 1. The number of nitro benzene ring substituents is 1. The van der Waals surface area contributed by atoms with Crippen LogP contribution in [0.3, 0.4) is 0 Å². The molecule has 0 saturated carbocycles. The molecule has 0 aliphatic carbocycles. The number of benzene rings is 1. The second-order valence-electron chi connectivity index (χ2n) is 5.38. The fourth-order valence-corrected chi connectivity index (χ4v) is 2.79. The minimum atomic E-state index is -0.925. The summed E-state index contributed by atoms with van der Waals surface area (Å²) in [4.78, 5) is 26.5. The molecule has 7 heteroatoms. The Morgan fingerprint density at radius 3 is 2.58 bits per heavy atom. The first-order chi connectivity index (χ1) is 11.5. The number of imidazole rings is 1. The highest BCUT2D eigenvalue weighted by Crippen LogP contribution is 2.32. The Bertz CT molecular complexity index is 915. The zero-order valence-corrected chi connectivity index (χ0v) is 12.9. The number of pyridine rings is 1. The number of fused-ring (bicyclic) bond motifs is 1. The van der Waals surface area contributed by atoms with E-state index in [1.807, 2.05) is 12.1 Å². The van der Waals surface area contributed by atoms with Gasteiger partial charge in [0.15, 0.2) is 0 Å². The first kappa shape index (κ1) is 15.7. The van der Waals surface area contributed by atoms with Crippen LogP contribution in [-0.2, 0) is 4.79 Å². The van der Waals surface area contributed by atoms with Crippen molar-refractivity contribution in [1.29, 1.82) is 0 Å². The van der Waals surface area contributed by atoms with Crippen LogP contribution in [-0.4, -0.2) is 25.4 Å². The molecular weight excluding hydrogens is 310 g/mol. The summed E-state index contributed by atoms with van der Waals surface area (Å²) >= 11 is 0. The van der Waals surface area contributed by atoms with Gasteiger partial charge in [-0.15, -0.1) is 0 Å². The fourth-order valence-electron chi connectivity index (χ4n) is 2.79. The Labute approximate surface area is 137 Å². The number of carbonyl (C=O) groups is 1. The highest BCUT2D eigenvalue weighted by Gasteiger charge is 2.26. The largest absolute Gasteiger partial charge is 0.481 e. The third-order valence-corrected chi connectivity index (χ3v) is 3.95. The van der Waals surface area contributed by atoms with Crippen molar-refractivity contribution in [3.63, 3.8) is 0 Å². The van der Waals surface area contributed by atoms with E-state index in [2.05, 4.69) is 4.98 Å². The van der Waals surface area contributed by atoms with Crippen molar-refractivity contribution in [3.05, 3.63) is 64.5 Å². The lowest BCUT2D eigenvalue weighted by Gasteiger charge is -2.12. The van der Waals surface area contributed by atoms with Crippen LogP contribution in [0.2, 0.25) is 0 Å². The summed E-state index contributed by atoms with van der Waals surface area (Å²) in [7, 11) is 0. The van der Waals surface area contributed by atoms with Gasteiger partial charge in [0, 0.05) is 23.9 Å². The number of hydrogen-bond acceptors (Lipinski definition) is 4. The summed E-state index contributed by atoms with van der Waals surface area (Å²) in [6.07, 6.45) is 2.19. The third kappa shape index (κ3) is 2.60. The van der Waals surface area contributed by atoms with Gasteiger partial charge in [-0.1, -0.05) is 13.0 Å². The van der Waals surface area contributed by atoms with Crippen LogP contribution < -0.4 is 0 Å². The number of aliphatic carboxylic acids is 1. The molecule has 0 aliphatic rings. The first-order valence-corrected chi connectivity index (χ1v) is 7.47. The van der Waals surface area contributed by atoms with Crippen LogP contribution in [0, 0.1) is 10.1 Å². The summed E-state index contributed by atoms with van der Waals surface area (Å²) in [6, 6.07) is 11.4. The first-order valence-electron chi connectivity index (χ1n) is 7.47. The highest BCUT2D eigenvalue weighted by molar-refractivity contribution is 5.80. The van der Waals surface area contributed by atoms with Gasteiger partial charge >= 0.3 is 5.97 Å². The van der Waals surface area contributed by atoms with Crippen molar-refractivity contribution in [2.24, 2.45) is 0 Å². The number of nitrogens with zero attached hydrogens (tertiary/aromatic N) is 3. The van der Waals surface area contributed by atoms with Crippen LogP contribution in [0.15, 0.2) is 48.7 Å². The predicted molar refractivity (Wildman–Crippen MR) is 88.0 cm³/mol. The molecule has 2 heterocycles. The lowest BCUT2D eigenvalue weighted by atomic mass is 9.97. The van der Waals surface area contributed by atoms with E-state index in [1.165, 1.54) is 12.1 Å². The number of hydrogen-bond donors (Lipinski definition) is 1. The van der Waals surface area contributed by atoms with Gasteiger partial charge in [0.05, 0.1) is 22.2 Å². The Hall–Kier alpha value is -3.22. The minimum Gasteiger partial charge on any atom is -0.481 e. The summed E-state index contributed by atoms with van der Waals surface area (Å²) in [5.74, 6) is -1.64. The van der Waals surface area contributed by atoms with E-state index in [9.17, 15) is 20.0 Å². The van der Waals surface area contributed by atoms with Crippen molar-refractivity contribution in [2.45, 2.75) is 19.3 Å². The fraction of sp³-hybridized carbons (Fsp3) is 0.176. The van der Waals surface area contributed by atoms with Gasteiger partial charge < -0.3 is 9.51 Å². The van der Waals surface area contributed by atoms with Gasteiger partial charge in [0.25, 0.3) is 5.69 Å². The molecule has 0 amide bonds. The Balaban J connectivity index is 2.23. The van der Waals surface area contributed by atoms with E-state index < -0.39 is 16.8 Å². The van der Waals surface area contributed by atoms with Gasteiger partial charge in [-0.05, 0) is 30.7 Å². The summed E-state index contributed by atoms with van der Waals surface area (Å²) < 4.78 is 1.76. The number of rotatable bonds is 5. The van der Waals surface area contributed by atoms with Crippen molar-refractivity contribution < 1.29 is 14.8 Å². The van der Waals surface area contributed by atoms with E-state index >= 15 is 0 Å². The van der Waals surface area contributed by atoms with Crippen molar-refractivity contribution in [2.75, 3.05) is 0 Å². The zero-order valence-electron chi connectivity index (χ0n) is 12.9. The molecule has 1 aromatic carbocycles. The SMILES string of the molecule is CCC(C(=O)O)c1c(-c2ccc([N+](=O)[O-])cc2)nc2ccccn12. The Morgan fingerprint density at radius 1 is 1.29 bits per heavy atom. The molecule has 0 radical (unpaired) electrons. The third-order valence-electron chi connectivity index (χ3n) is 3.95. The molecule has 1 N–H and O–H groups in total. The lowest BCUT2D eigenvalue weighted by molar-refractivity contribution is -0.384. The molecule has 2 aromatic heterocycles. The van der Waals surface area contributed by atoms with Crippen LogP contribution in [0.4, 0.5) is 5.69 Å². The van der Waals surface area contributed by atoms with E-state index in [1.54, 1.807) is 35.7 Å². The summed E-state index contributed by atoms with van der Waals surface area (Å²) in [5, 5.41) is 20.4. The number of carboxylic acid groups (broad SMARTS) is 1. The van der Waals surface area contributed by atoms with Gasteiger partial charge in [0.1, 0.15) is 5.65 Å². The second-order valence-corrected chi connectivity index (χ2v) is 5.38. The van der Waals surface area contributed by atoms with Crippen molar-refractivity contribution in [1.82, 2.24) is 9.38 Å². The molecule has 24 heavy (non-hydrogen) atoms. The molecule has 0 saturated heterocycles. The Kier molecular flexibility index (Phi) is 3.99. The predicted octanol–water partition coefficient (Wildman–Crippen LogP) is 3.49. The maximum atomic E-state index is 11.7. The van der Waals surface area contributed by atoms with Crippen LogP contribution in [0.1, 0.15) is 25.0 Å². The topological polar surface area (TPSA) is 97.7 Å². The smallest absolute Gasteiger partial charge is 0.312 e. The molecular formula is C17H15N3O4. The van der Waals surface area contributed by atoms with Gasteiger partial charge in [-0.25, -0.2) is 4.98 Å². The molecule has 122 valence electrons. The Morgan fingerprint density at radius 2 is 2.00 bits per heavy atom. The van der Waals surface area contributed by atoms with Crippen LogP contribution in [0.5, 0.6) is 0 Å². The van der Waals surface area contributed by atoms with Gasteiger partial charge in [-0.3, -0.25) is 14.9 Å². The second kappa shape index (κ2) is 6.11. The average molecular weight is 325 g/mol. The molecule has 0 fully saturated rings. The standard InChI is InChI=1S/C17H15N3O4/c1-2-13(17(21)22)16-15(18-14-5-3-4-10-19(14)16)11-6-8-12(9-7-11)20(23)24/h3-10,13H,2H2,1H3,(H,21,22). The average Bonchev–Trinajstić information content (AvgIpc) is 2.95. The lowest BCUT2D eigenvalue weighted by Crippen LogP contribution is -2.13. The summed E-state index contributed by atoms with van der Waals surface area (Å²) in [5.41, 5.74) is 2.38. The van der Waals surface area contributed by atoms with Crippen molar-refractivity contribution in [3.8, 4) is 11.3 Å². The molecule has 7 nitrogen and oxygen atoms in total. The molecule has 3 rings (SSSR count). The van der Waals surface area contributed by atoms with Gasteiger partial charge in [0.2, 0.25) is 0 Å². The molecule has 1 unspecified atom stereocenters. The van der Waals surface area contributed by atoms with Crippen molar-refractivity contribution >= 4 is 17.3 Å². The molecule has 0 aliphatic heterocycles. The number of nitro groups is 1. The van der Waals surface area contributed by atoms with E-state index in [-0.39, 0.29) is 5.69 Å². The number of non-ortho nitro benzene ring substituents is 1. The maximum absolute atomic E-state index is 11.7. The van der Waals surface area contributed by atoms with Crippen LogP contribution >= 0.6 is 0 Å². The van der Waals surface area contributed by atoms with E-state index in [4.69, 9.17) is 0 Å². The molecule has 3 aromatic rings. The van der Waals surface area contributed by atoms with E-state index in [0.717, 1.165) is 0 Å². The zero-order chi connectivity index (χ0) is 17.3. The maximum Gasteiger partial charge on any atom is 0.312 e. The molecule has 0 bridgehead atoms. The van der Waals surface area contributed by atoms with Gasteiger partial charge in [-0.2, -0.15) is 0 Å². The monoisotopic (exact) mass is 325 g/mol. The minimum absolute atomic E-state index is 0.0191. The van der Waals surface area contributed by atoms with Crippen LogP contribution in [0.25, 0.3) is 16.9 Å². The number of aromatic nitrogens is 2.